The van der Waals surface area contributed by atoms with Gasteiger partial charge in [-0.15, -0.1) is 0 Å². The number of rotatable bonds is 6. The third-order valence-electron chi connectivity index (χ3n) is 2.20. The van der Waals surface area contributed by atoms with Crippen LogP contribution in [0.3, 0.4) is 0 Å². The maximum absolute atomic E-state index is 11.1. The Balaban J connectivity index is 2.43. The highest BCUT2D eigenvalue weighted by molar-refractivity contribution is 5.80. The predicted molar refractivity (Wildman–Crippen MR) is 61.2 cm³/mol. The molecule has 0 fully saturated rings. The Morgan fingerprint density at radius 3 is 2.62 bits per heavy atom. The first-order valence-electron chi connectivity index (χ1n) is 5.36. The van der Waals surface area contributed by atoms with E-state index in [0.29, 0.717) is 19.4 Å². The summed E-state index contributed by atoms with van der Waals surface area (Å²) in [5, 5.41) is 8.34. The highest BCUT2D eigenvalue weighted by Gasteiger charge is 2.02. The first-order valence-corrected chi connectivity index (χ1v) is 5.36. The van der Waals surface area contributed by atoms with Crippen molar-refractivity contribution in [3.63, 3.8) is 0 Å². The zero-order valence-corrected chi connectivity index (χ0v) is 9.40. The van der Waals surface area contributed by atoms with Crippen molar-refractivity contribution in [2.75, 3.05) is 6.61 Å². The second-order valence-corrected chi connectivity index (χ2v) is 3.45. The van der Waals surface area contributed by atoms with Crippen molar-refractivity contribution in [2.24, 2.45) is 0 Å². The molecule has 0 bridgehead atoms. The minimum Gasteiger partial charge on any atom is -0.494 e. The highest BCUT2D eigenvalue weighted by atomic mass is 16.5. The summed E-state index contributed by atoms with van der Waals surface area (Å²) in [7, 11) is 0. The van der Waals surface area contributed by atoms with Gasteiger partial charge in [-0.25, -0.2) is 0 Å². The third kappa shape index (κ3) is 4.14. The summed E-state index contributed by atoms with van der Waals surface area (Å²) in [5.74, 6) is 0.839. The fourth-order valence-corrected chi connectivity index (χ4v) is 1.38. The summed E-state index contributed by atoms with van der Waals surface area (Å²) in [6.45, 7) is 2.59. The van der Waals surface area contributed by atoms with Crippen LogP contribution >= 0.6 is 0 Å². The van der Waals surface area contributed by atoms with Gasteiger partial charge in [-0.2, -0.15) is 5.26 Å². The zero-order valence-electron chi connectivity index (χ0n) is 9.40. The SMILES string of the molecule is CCOc1ccc(CCC(=O)CC#N)cc1. The van der Waals surface area contributed by atoms with Crippen LogP contribution in [0.2, 0.25) is 0 Å². The summed E-state index contributed by atoms with van der Waals surface area (Å²) < 4.78 is 5.32. The first-order chi connectivity index (χ1) is 7.76. The first kappa shape index (κ1) is 12.3. The minimum absolute atomic E-state index is 0.00335. The number of carbonyl (C=O) groups excluding carboxylic acids is 1. The molecule has 1 aromatic carbocycles. The number of carbonyl (C=O) groups is 1. The summed E-state index contributed by atoms with van der Waals surface area (Å²) in [5.41, 5.74) is 1.09. The molecule has 0 saturated heterocycles. The molecule has 0 saturated carbocycles. The lowest BCUT2D eigenvalue weighted by Crippen LogP contribution is -1.98. The average Bonchev–Trinajstić information content (AvgIpc) is 2.29. The minimum atomic E-state index is -0.00335. The van der Waals surface area contributed by atoms with E-state index in [9.17, 15) is 4.79 Å². The molecule has 1 aromatic rings. The Labute approximate surface area is 95.7 Å². The Morgan fingerprint density at radius 1 is 1.38 bits per heavy atom. The molecule has 0 aliphatic rings. The van der Waals surface area contributed by atoms with Crippen molar-refractivity contribution in [2.45, 2.75) is 26.2 Å². The smallest absolute Gasteiger partial charge is 0.147 e. The fourth-order valence-electron chi connectivity index (χ4n) is 1.38. The number of benzene rings is 1. The van der Waals surface area contributed by atoms with Gasteiger partial charge in [-0.3, -0.25) is 4.79 Å². The molecule has 84 valence electrons. The monoisotopic (exact) mass is 217 g/mol. The third-order valence-corrected chi connectivity index (χ3v) is 2.20. The molecule has 0 aliphatic heterocycles. The molecule has 16 heavy (non-hydrogen) atoms. The molecular weight excluding hydrogens is 202 g/mol. The van der Waals surface area contributed by atoms with Gasteiger partial charge in [0, 0.05) is 6.42 Å². The second kappa shape index (κ2) is 6.62. The van der Waals surface area contributed by atoms with E-state index in [1.165, 1.54) is 0 Å². The molecule has 0 spiro atoms. The number of aryl methyl sites for hydroxylation is 1. The van der Waals surface area contributed by atoms with Gasteiger partial charge in [0.2, 0.25) is 0 Å². The standard InChI is InChI=1S/C13H15NO2/c1-2-16-13-7-4-11(5-8-13)3-6-12(15)9-10-14/h4-5,7-8H,2-3,6,9H2,1H3. The molecule has 3 nitrogen and oxygen atoms in total. The fraction of sp³-hybridized carbons (Fsp3) is 0.385. The lowest BCUT2D eigenvalue weighted by Gasteiger charge is -2.04. The van der Waals surface area contributed by atoms with Crippen molar-refractivity contribution in [1.29, 1.82) is 5.26 Å². The van der Waals surface area contributed by atoms with E-state index in [1.807, 2.05) is 37.3 Å². The summed E-state index contributed by atoms with van der Waals surface area (Å²) in [6.07, 6.45) is 1.13. The molecule has 0 N–H and O–H groups in total. The maximum Gasteiger partial charge on any atom is 0.147 e. The van der Waals surface area contributed by atoms with Gasteiger partial charge in [-0.1, -0.05) is 12.1 Å². The topological polar surface area (TPSA) is 50.1 Å². The molecular formula is C13H15NO2. The Morgan fingerprint density at radius 2 is 2.06 bits per heavy atom. The molecule has 0 atom stereocenters. The Hall–Kier alpha value is -1.82. The van der Waals surface area contributed by atoms with Crippen LogP contribution in [0.4, 0.5) is 0 Å². The summed E-state index contributed by atoms with van der Waals surface area (Å²) >= 11 is 0. The number of nitriles is 1. The van der Waals surface area contributed by atoms with Gasteiger partial charge >= 0.3 is 0 Å². The van der Waals surface area contributed by atoms with Crippen molar-refractivity contribution in [3.05, 3.63) is 29.8 Å². The second-order valence-electron chi connectivity index (χ2n) is 3.45. The van der Waals surface area contributed by atoms with Crippen molar-refractivity contribution in [1.82, 2.24) is 0 Å². The quantitative estimate of drug-likeness (QED) is 0.735. The van der Waals surface area contributed by atoms with Gasteiger partial charge in [0.25, 0.3) is 0 Å². The molecule has 0 radical (unpaired) electrons. The Kier molecular flexibility index (Phi) is 5.07. The molecule has 3 heteroatoms. The van der Waals surface area contributed by atoms with Crippen LogP contribution in [0.1, 0.15) is 25.3 Å². The zero-order chi connectivity index (χ0) is 11.8. The van der Waals surface area contributed by atoms with E-state index in [-0.39, 0.29) is 12.2 Å². The molecule has 0 aliphatic carbocycles. The predicted octanol–water partition coefficient (Wildman–Crippen LogP) is 2.50. The van der Waals surface area contributed by atoms with Crippen LogP contribution in [-0.2, 0) is 11.2 Å². The van der Waals surface area contributed by atoms with Gasteiger partial charge in [0.05, 0.1) is 19.1 Å². The molecule has 0 unspecified atom stereocenters. The molecule has 0 heterocycles. The number of ketones is 1. The van der Waals surface area contributed by atoms with Crippen molar-refractivity contribution < 1.29 is 9.53 Å². The number of hydrogen-bond donors (Lipinski definition) is 0. The van der Waals surface area contributed by atoms with Gasteiger partial charge < -0.3 is 4.74 Å². The van der Waals surface area contributed by atoms with E-state index in [2.05, 4.69) is 0 Å². The van der Waals surface area contributed by atoms with E-state index >= 15 is 0 Å². The number of ether oxygens (including phenoxy) is 1. The van der Waals surface area contributed by atoms with Crippen LogP contribution < -0.4 is 4.74 Å². The average molecular weight is 217 g/mol. The summed E-state index contributed by atoms with van der Waals surface area (Å²) in [6, 6.07) is 9.55. The van der Waals surface area contributed by atoms with Crippen LogP contribution in [0.25, 0.3) is 0 Å². The van der Waals surface area contributed by atoms with E-state index in [1.54, 1.807) is 0 Å². The largest absolute Gasteiger partial charge is 0.494 e. The number of nitrogens with zero attached hydrogens (tertiary/aromatic N) is 1. The molecule has 0 aromatic heterocycles. The van der Waals surface area contributed by atoms with Crippen LogP contribution in [0.5, 0.6) is 5.75 Å². The van der Waals surface area contributed by atoms with E-state index < -0.39 is 0 Å². The van der Waals surface area contributed by atoms with Crippen LogP contribution in [-0.4, -0.2) is 12.4 Å². The van der Waals surface area contributed by atoms with Gasteiger partial charge in [0.15, 0.2) is 0 Å². The van der Waals surface area contributed by atoms with Crippen LogP contribution in [0, 0.1) is 11.3 Å². The maximum atomic E-state index is 11.1. The highest BCUT2D eigenvalue weighted by Crippen LogP contribution is 2.13. The number of hydrogen-bond acceptors (Lipinski definition) is 3. The van der Waals surface area contributed by atoms with Gasteiger partial charge in [0.1, 0.15) is 11.5 Å². The normalized spacial score (nSPS) is 9.50. The van der Waals surface area contributed by atoms with Crippen molar-refractivity contribution in [3.8, 4) is 11.8 Å². The summed E-state index contributed by atoms with van der Waals surface area (Å²) in [4.78, 5) is 11.1. The van der Waals surface area contributed by atoms with Gasteiger partial charge in [-0.05, 0) is 31.0 Å². The van der Waals surface area contributed by atoms with Crippen LogP contribution in [0.15, 0.2) is 24.3 Å². The van der Waals surface area contributed by atoms with E-state index in [0.717, 1.165) is 11.3 Å². The lowest BCUT2D eigenvalue weighted by atomic mass is 10.1. The number of Topliss-reactive ketones (excluding diaryl/α,β-unsaturated/α-hetero) is 1. The van der Waals surface area contributed by atoms with E-state index in [4.69, 9.17) is 10.00 Å². The lowest BCUT2D eigenvalue weighted by molar-refractivity contribution is -0.118. The van der Waals surface area contributed by atoms with Crippen molar-refractivity contribution >= 4 is 5.78 Å². The molecule has 1 rings (SSSR count). The Bertz CT molecular complexity index is 376. The molecule has 0 amide bonds.